The summed E-state index contributed by atoms with van der Waals surface area (Å²) in [5.74, 6) is -0.571. The lowest BCUT2D eigenvalue weighted by molar-refractivity contribution is 0.102. The van der Waals surface area contributed by atoms with Crippen molar-refractivity contribution in [1.29, 1.82) is 0 Å². The van der Waals surface area contributed by atoms with Crippen LogP contribution in [0, 0.1) is 0 Å². The van der Waals surface area contributed by atoms with Gasteiger partial charge in [-0.1, -0.05) is 0 Å². The molecule has 0 heterocycles. The van der Waals surface area contributed by atoms with Crippen molar-refractivity contribution in [3.63, 3.8) is 0 Å². The first kappa shape index (κ1) is 23.6. The predicted molar refractivity (Wildman–Crippen MR) is 111 cm³/mol. The summed E-state index contributed by atoms with van der Waals surface area (Å²) < 4.78 is 61.1. The molecule has 0 unspecified atom stereocenters. The van der Waals surface area contributed by atoms with Crippen LogP contribution in [0.2, 0.25) is 0 Å². The Bertz CT molecular complexity index is 1160. The quantitative estimate of drug-likeness (QED) is 0.540. The zero-order chi connectivity index (χ0) is 22.7. The van der Waals surface area contributed by atoms with Gasteiger partial charge in [0.15, 0.2) is 0 Å². The van der Waals surface area contributed by atoms with Gasteiger partial charge in [-0.15, -0.1) is 0 Å². The fourth-order valence-electron chi connectivity index (χ4n) is 2.58. The minimum Gasteiger partial charge on any atom is -0.495 e. The molecule has 0 spiro atoms. The zero-order valence-electron chi connectivity index (χ0n) is 16.8. The maximum Gasteiger partial charge on any atom is 0.255 e. The second-order valence-corrected chi connectivity index (χ2v) is 9.72. The highest BCUT2D eigenvalue weighted by atomic mass is 32.2. The Labute approximate surface area is 175 Å². The van der Waals surface area contributed by atoms with Gasteiger partial charge < -0.3 is 14.8 Å². The highest BCUT2D eigenvalue weighted by molar-refractivity contribution is 7.89. The molecule has 0 saturated carbocycles. The molecule has 164 valence electrons. The molecule has 0 fully saturated rings. The molecule has 0 bridgehead atoms. The van der Waals surface area contributed by atoms with E-state index in [-0.39, 0.29) is 38.6 Å². The summed E-state index contributed by atoms with van der Waals surface area (Å²) in [5.41, 5.74) is 0.151. The Kier molecular flexibility index (Phi) is 7.08. The average Bonchev–Trinajstić information content (AvgIpc) is 2.65. The number of benzene rings is 2. The molecule has 0 saturated heterocycles. The van der Waals surface area contributed by atoms with Gasteiger partial charge in [-0.25, -0.2) is 26.7 Å². The highest BCUT2D eigenvalue weighted by Gasteiger charge is 2.23. The van der Waals surface area contributed by atoms with Gasteiger partial charge in [0.05, 0.1) is 14.2 Å². The highest BCUT2D eigenvalue weighted by Crippen LogP contribution is 2.28. The first-order valence-electron chi connectivity index (χ1n) is 8.61. The average molecular weight is 458 g/mol. The van der Waals surface area contributed by atoms with Crippen molar-refractivity contribution in [2.24, 2.45) is 5.14 Å². The molecular formula is C18H23N3O7S2. The molecule has 0 aliphatic heterocycles. The molecule has 2 rings (SSSR count). The Hall–Kier alpha value is -2.67. The van der Waals surface area contributed by atoms with E-state index in [9.17, 15) is 21.6 Å². The summed E-state index contributed by atoms with van der Waals surface area (Å²) in [6, 6.07) is 7.45. The van der Waals surface area contributed by atoms with Crippen LogP contribution in [-0.2, 0) is 20.0 Å². The predicted octanol–water partition coefficient (Wildman–Crippen LogP) is 1.29. The Morgan fingerprint density at radius 1 is 0.933 bits per heavy atom. The number of nitrogens with two attached hydrogens (primary N) is 1. The first-order valence-corrected chi connectivity index (χ1v) is 11.6. The Morgan fingerprint density at radius 3 is 2.03 bits per heavy atom. The Morgan fingerprint density at radius 2 is 1.50 bits per heavy atom. The number of hydrogen-bond donors (Lipinski definition) is 3. The van der Waals surface area contributed by atoms with Gasteiger partial charge in [-0.05, 0) is 50.2 Å². The lowest BCUT2D eigenvalue weighted by Gasteiger charge is -2.14. The molecule has 30 heavy (non-hydrogen) atoms. The molecule has 0 aliphatic carbocycles. The van der Waals surface area contributed by atoms with Crippen LogP contribution in [-0.4, -0.2) is 43.0 Å². The fourth-order valence-corrected chi connectivity index (χ4v) is 4.75. The molecule has 4 N–H and O–H groups in total. The molecule has 2 aromatic carbocycles. The largest absolute Gasteiger partial charge is 0.495 e. The summed E-state index contributed by atoms with van der Waals surface area (Å²) in [6.45, 7) is 3.32. The second-order valence-electron chi connectivity index (χ2n) is 6.51. The molecular weight excluding hydrogens is 434 g/mol. The van der Waals surface area contributed by atoms with Gasteiger partial charge in [0.1, 0.15) is 21.3 Å². The van der Waals surface area contributed by atoms with E-state index in [0.29, 0.717) is 0 Å². The molecule has 12 heteroatoms. The van der Waals surface area contributed by atoms with Crippen molar-refractivity contribution in [1.82, 2.24) is 4.72 Å². The van der Waals surface area contributed by atoms with E-state index in [2.05, 4.69) is 10.0 Å². The van der Waals surface area contributed by atoms with Crippen LogP contribution in [0.3, 0.4) is 0 Å². The van der Waals surface area contributed by atoms with Crippen molar-refractivity contribution in [3.05, 3.63) is 42.0 Å². The van der Waals surface area contributed by atoms with E-state index in [1.165, 1.54) is 44.6 Å². The van der Waals surface area contributed by atoms with Crippen LogP contribution < -0.4 is 24.7 Å². The molecule has 0 aromatic heterocycles. The number of hydrogen-bond acceptors (Lipinski definition) is 7. The number of ether oxygens (including phenoxy) is 2. The zero-order valence-corrected chi connectivity index (χ0v) is 18.4. The van der Waals surface area contributed by atoms with Crippen LogP contribution >= 0.6 is 0 Å². The molecule has 1 amide bonds. The van der Waals surface area contributed by atoms with Crippen molar-refractivity contribution in [2.45, 2.75) is 29.7 Å². The van der Waals surface area contributed by atoms with Gasteiger partial charge in [0, 0.05) is 17.3 Å². The fraction of sp³-hybridized carbons (Fsp3) is 0.278. The van der Waals surface area contributed by atoms with Crippen molar-refractivity contribution < 1.29 is 31.1 Å². The number of primary sulfonamides is 1. The standard InChI is InChI=1S/C18H23N3O7S2/c1-11(2)21-30(25,26)17-9-12(5-7-15(17)28-4)18(22)20-13-6-8-14(27-3)16(10-13)29(19,23)24/h5-11,21H,1-4H3,(H,20,22)(H2,19,23,24). The van der Waals surface area contributed by atoms with Crippen LogP contribution in [0.5, 0.6) is 11.5 Å². The van der Waals surface area contributed by atoms with Crippen LogP contribution in [0.4, 0.5) is 5.69 Å². The summed E-state index contributed by atoms with van der Waals surface area (Å²) in [4.78, 5) is 12.1. The normalized spacial score (nSPS) is 11.9. The van der Waals surface area contributed by atoms with Crippen LogP contribution in [0.25, 0.3) is 0 Å². The van der Waals surface area contributed by atoms with E-state index in [1.54, 1.807) is 13.8 Å². The van der Waals surface area contributed by atoms with E-state index < -0.39 is 26.0 Å². The minimum atomic E-state index is -4.10. The number of nitrogens with one attached hydrogen (secondary N) is 2. The van der Waals surface area contributed by atoms with Crippen LogP contribution in [0.15, 0.2) is 46.2 Å². The number of carbonyl (C=O) groups is 1. The van der Waals surface area contributed by atoms with Gasteiger partial charge in [0.2, 0.25) is 20.0 Å². The van der Waals surface area contributed by atoms with Gasteiger partial charge in [-0.2, -0.15) is 0 Å². The second kappa shape index (κ2) is 9.00. The topological polar surface area (TPSA) is 154 Å². The van der Waals surface area contributed by atoms with Crippen molar-refractivity contribution in [3.8, 4) is 11.5 Å². The van der Waals surface area contributed by atoms with Crippen molar-refractivity contribution in [2.75, 3.05) is 19.5 Å². The van der Waals surface area contributed by atoms with Gasteiger partial charge >= 0.3 is 0 Å². The van der Waals surface area contributed by atoms with Crippen molar-refractivity contribution >= 4 is 31.6 Å². The molecule has 2 aromatic rings. The molecule has 0 radical (unpaired) electrons. The maximum atomic E-state index is 12.7. The lowest BCUT2D eigenvalue weighted by Crippen LogP contribution is -2.30. The number of rotatable bonds is 8. The summed E-state index contributed by atoms with van der Waals surface area (Å²) in [5, 5.41) is 7.68. The lowest BCUT2D eigenvalue weighted by atomic mass is 10.2. The number of methoxy groups -OCH3 is 2. The van der Waals surface area contributed by atoms with E-state index in [0.717, 1.165) is 6.07 Å². The molecule has 0 atom stereocenters. The summed E-state index contributed by atoms with van der Waals surface area (Å²) in [6.07, 6.45) is 0. The minimum absolute atomic E-state index is 0.0212. The van der Waals surface area contributed by atoms with Gasteiger partial charge in [0.25, 0.3) is 5.91 Å². The number of amides is 1. The first-order chi connectivity index (χ1) is 13.9. The maximum absolute atomic E-state index is 12.7. The van der Waals surface area contributed by atoms with Crippen LogP contribution in [0.1, 0.15) is 24.2 Å². The molecule has 0 aliphatic rings. The SMILES string of the molecule is COc1ccc(NC(=O)c2ccc(OC)c(S(=O)(=O)NC(C)C)c2)cc1S(N)(=O)=O. The van der Waals surface area contributed by atoms with E-state index in [1.807, 2.05) is 0 Å². The summed E-state index contributed by atoms with van der Waals surface area (Å²) >= 11 is 0. The van der Waals surface area contributed by atoms with E-state index in [4.69, 9.17) is 14.6 Å². The smallest absolute Gasteiger partial charge is 0.255 e. The third-order valence-corrected chi connectivity index (χ3v) is 6.45. The monoisotopic (exact) mass is 457 g/mol. The number of anilines is 1. The Balaban J connectivity index is 2.42. The van der Waals surface area contributed by atoms with E-state index >= 15 is 0 Å². The van der Waals surface area contributed by atoms with Gasteiger partial charge in [-0.3, -0.25) is 4.79 Å². The third-order valence-electron chi connectivity index (χ3n) is 3.83. The number of sulfonamides is 2. The third kappa shape index (κ3) is 5.48. The molecule has 10 nitrogen and oxygen atoms in total. The number of carbonyl (C=O) groups excluding carboxylic acids is 1. The summed E-state index contributed by atoms with van der Waals surface area (Å²) in [7, 11) is -5.43.